The molecular weight excluding hydrogens is 184 g/mol. The van der Waals surface area contributed by atoms with Crippen molar-refractivity contribution in [2.75, 3.05) is 0 Å². The Morgan fingerprint density at radius 2 is 2.00 bits per heavy atom. The summed E-state index contributed by atoms with van der Waals surface area (Å²) < 4.78 is 1.01. The summed E-state index contributed by atoms with van der Waals surface area (Å²) in [4.78, 5) is 16.9. The standard InChI is InChI=1S/C9H6N2OS/c12-9-11-8-7(13-9)5-3-1-2-4-6(5)10-8/h1-4,10H,(H,11,12). The van der Waals surface area contributed by atoms with E-state index >= 15 is 0 Å². The van der Waals surface area contributed by atoms with Gasteiger partial charge in [-0.1, -0.05) is 29.5 Å². The predicted octanol–water partition coefficient (Wildman–Crippen LogP) is 2.07. The van der Waals surface area contributed by atoms with Crippen LogP contribution in [0.2, 0.25) is 0 Å². The quantitative estimate of drug-likeness (QED) is 0.560. The van der Waals surface area contributed by atoms with Gasteiger partial charge >= 0.3 is 4.87 Å². The molecule has 64 valence electrons. The lowest BCUT2D eigenvalue weighted by molar-refractivity contribution is 1.34. The zero-order valence-corrected chi connectivity index (χ0v) is 7.44. The summed E-state index contributed by atoms with van der Waals surface area (Å²) in [6.45, 7) is 0. The first-order valence-electron chi connectivity index (χ1n) is 3.94. The maximum Gasteiger partial charge on any atom is 0.306 e. The van der Waals surface area contributed by atoms with E-state index in [9.17, 15) is 4.79 Å². The number of aromatic nitrogens is 2. The van der Waals surface area contributed by atoms with Crippen molar-refractivity contribution in [3.63, 3.8) is 0 Å². The molecule has 0 radical (unpaired) electrons. The van der Waals surface area contributed by atoms with Crippen molar-refractivity contribution >= 4 is 32.6 Å². The fraction of sp³-hybridized carbons (Fsp3) is 0. The zero-order valence-electron chi connectivity index (χ0n) is 6.63. The number of fused-ring (bicyclic) bond motifs is 3. The van der Waals surface area contributed by atoms with Gasteiger partial charge in [-0.05, 0) is 6.07 Å². The number of H-pyrrole nitrogens is 2. The Kier molecular flexibility index (Phi) is 1.19. The van der Waals surface area contributed by atoms with Gasteiger partial charge in [0, 0.05) is 10.9 Å². The first-order chi connectivity index (χ1) is 6.34. The number of rotatable bonds is 0. The van der Waals surface area contributed by atoms with E-state index in [1.807, 2.05) is 24.3 Å². The minimum Gasteiger partial charge on any atom is -0.340 e. The third-order valence-electron chi connectivity index (χ3n) is 2.08. The molecular formula is C9H6N2OS. The minimum atomic E-state index is -0.00740. The molecule has 0 bridgehead atoms. The largest absolute Gasteiger partial charge is 0.340 e. The third-order valence-corrected chi connectivity index (χ3v) is 3.00. The molecule has 0 aliphatic rings. The van der Waals surface area contributed by atoms with Crippen molar-refractivity contribution in [1.82, 2.24) is 9.97 Å². The minimum absolute atomic E-state index is 0.00740. The average Bonchev–Trinajstić information content (AvgIpc) is 2.60. The van der Waals surface area contributed by atoms with Crippen LogP contribution in [0.1, 0.15) is 0 Å². The molecule has 3 aromatic rings. The predicted molar refractivity (Wildman–Crippen MR) is 54.3 cm³/mol. The van der Waals surface area contributed by atoms with Crippen molar-refractivity contribution < 1.29 is 0 Å². The van der Waals surface area contributed by atoms with E-state index in [0.717, 1.165) is 21.3 Å². The second-order valence-corrected chi connectivity index (χ2v) is 3.87. The lowest BCUT2D eigenvalue weighted by atomic mass is 10.2. The first-order valence-corrected chi connectivity index (χ1v) is 4.76. The fourth-order valence-corrected chi connectivity index (χ4v) is 2.36. The lowest BCUT2D eigenvalue weighted by Crippen LogP contribution is -1.90. The molecule has 2 heterocycles. The summed E-state index contributed by atoms with van der Waals surface area (Å²) in [5.41, 5.74) is 1.90. The molecule has 0 fully saturated rings. The summed E-state index contributed by atoms with van der Waals surface area (Å²) in [5.74, 6) is 0. The van der Waals surface area contributed by atoms with E-state index in [1.54, 1.807) is 0 Å². The van der Waals surface area contributed by atoms with Gasteiger partial charge in [0.1, 0.15) is 5.65 Å². The smallest absolute Gasteiger partial charge is 0.306 e. The molecule has 0 saturated carbocycles. The van der Waals surface area contributed by atoms with Crippen LogP contribution in [-0.4, -0.2) is 9.97 Å². The SMILES string of the molecule is O=c1[nH]c2[nH]c3ccccc3c2s1. The molecule has 2 N–H and O–H groups in total. The molecule has 0 amide bonds. The Morgan fingerprint density at radius 1 is 1.15 bits per heavy atom. The van der Waals surface area contributed by atoms with Crippen LogP contribution in [0.5, 0.6) is 0 Å². The molecule has 2 aromatic heterocycles. The molecule has 0 saturated heterocycles. The van der Waals surface area contributed by atoms with Gasteiger partial charge in [-0.25, -0.2) is 0 Å². The maximum atomic E-state index is 11.0. The van der Waals surface area contributed by atoms with Crippen molar-refractivity contribution in [2.24, 2.45) is 0 Å². The van der Waals surface area contributed by atoms with Crippen LogP contribution < -0.4 is 4.87 Å². The van der Waals surface area contributed by atoms with Crippen molar-refractivity contribution in [2.45, 2.75) is 0 Å². The highest BCUT2D eigenvalue weighted by atomic mass is 32.1. The topological polar surface area (TPSA) is 48.6 Å². The highest BCUT2D eigenvalue weighted by Gasteiger charge is 2.05. The molecule has 0 aliphatic heterocycles. The Balaban J connectivity index is 2.67. The van der Waals surface area contributed by atoms with Crippen LogP contribution in [0.3, 0.4) is 0 Å². The van der Waals surface area contributed by atoms with Gasteiger partial charge in [0.2, 0.25) is 0 Å². The second-order valence-electron chi connectivity index (χ2n) is 2.89. The van der Waals surface area contributed by atoms with Crippen LogP contribution in [0.25, 0.3) is 21.3 Å². The van der Waals surface area contributed by atoms with E-state index in [-0.39, 0.29) is 4.87 Å². The Labute approximate surface area is 77.0 Å². The monoisotopic (exact) mass is 190 g/mol. The van der Waals surface area contributed by atoms with Gasteiger partial charge in [0.25, 0.3) is 0 Å². The molecule has 1 aromatic carbocycles. The van der Waals surface area contributed by atoms with Crippen LogP contribution in [0, 0.1) is 0 Å². The van der Waals surface area contributed by atoms with E-state index in [0.29, 0.717) is 0 Å². The normalized spacial score (nSPS) is 11.4. The number of nitrogens with one attached hydrogen (secondary N) is 2. The highest BCUT2D eigenvalue weighted by molar-refractivity contribution is 7.17. The van der Waals surface area contributed by atoms with Crippen LogP contribution in [-0.2, 0) is 0 Å². The van der Waals surface area contributed by atoms with Crippen molar-refractivity contribution in [1.29, 1.82) is 0 Å². The van der Waals surface area contributed by atoms with Crippen LogP contribution in [0.15, 0.2) is 29.1 Å². The second kappa shape index (κ2) is 2.23. The summed E-state index contributed by atoms with van der Waals surface area (Å²) >= 11 is 1.25. The van der Waals surface area contributed by atoms with Gasteiger partial charge in [-0.3, -0.25) is 9.78 Å². The van der Waals surface area contributed by atoms with Gasteiger partial charge in [-0.15, -0.1) is 0 Å². The van der Waals surface area contributed by atoms with Crippen LogP contribution in [0.4, 0.5) is 0 Å². The molecule has 0 unspecified atom stereocenters. The molecule has 4 heteroatoms. The van der Waals surface area contributed by atoms with Crippen molar-refractivity contribution in [3.8, 4) is 0 Å². The average molecular weight is 190 g/mol. The van der Waals surface area contributed by atoms with E-state index in [1.165, 1.54) is 11.3 Å². The van der Waals surface area contributed by atoms with E-state index < -0.39 is 0 Å². The van der Waals surface area contributed by atoms with E-state index in [2.05, 4.69) is 9.97 Å². The summed E-state index contributed by atoms with van der Waals surface area (Å²) in [5, 5.41) is 1.11. The molecule has 0 aliphatic carbocycles. The summed E-state index contributed by atoms with van der Waals surface area (Å²) in [6.07, 6.45) is 0. The zero-order chi connectivity index (χ0) is 8.84. The molecule has 0 atom stereocenters. The van der Waals surface area contributed by atoms with Gasteiger partial charge < -0.3 is 4.98 Å². The number of para-hydroxylation sites is 1. The number of hydrogen-bond donors (Lipinski definition) is 2. The maximum absolute atomic E-state index is 11.0. The number of thiazole rings is 1. The lowest BCUT2D eigenvalue weighted by Gasteiger charge is -1.84. The Hall–Kier alpha value is -1.55. The third kappa shape index (κ3) is 0.860. The number of hydrogen-bond acceptors (Lipinski definition) is 2. The highest BCUT2D eigenvalue weighted by Crippen LogP contribution is 2.25. The summed E-state index contributed by atoms with van der Waals surface area (Å²) in [6, 6.07) is 7.96. The first kappa shape index (κ1) is 6.91. The Bertz CT molecular complexity index is 631. The molecule has 0 spiro atoms. The fourth-order valence-electron chi connectivity index (χ4n) is 1.53. The number of aromatic amines is 2. The van der Waals surface area contributed by atoms with Crippen LogP contribution >= 0.6 is 11.3 Å². The van der Waals surface area contributed by atoms with Gasteiger partial charge in [-0.2, -0.15) is 0 Å². The number of benzene rings is 1. The molecule has 13 heavy (non-hydrogen) atoms. The summed E-state index contributed by atoms with van der Waals surface area (Å²) in [7, 11) is 0. The van der Waals surface area contributed by atoms with Gasteiger partial charge in [0.05, 0.1) is 4.70 Å². The Morgan fingerprint density at radius 3 is 2.92 bits per heavy atom. The van der Waals surface area contributed by atoms with E-state index in [4.69, 9.17) is 0 Å². The molecule has 3 rings (SSSR count). The van der Waals surface area contributed by atoms with Gasteiger partial charge in [0.15, 0.2) is 0 Å². The van der Waals surface area contributed by atoms with Crippen molar-refractivity contribution in [3.05, 3.63) is 33.9 Å². The molecule has 3 nitrogen and oxygen atoms in total.